The zero-order valence-electron chi connectivity index (χ0n) is 12.7. The second-order valence-corrected chi connectivity index (χ2v) is 7.38. The summed E-state index contributed by atoms with van der Waals surface area (Å²) < 4.78 is 11.6. The molecule has 4 heteroatoms. The Morgan fingerprint density at radius 1 is 1.19 bits per heavy atom. The van der Waals surface area contributed by atoms with E-state index in [9.17, 15) is 9.00 Å². The van der Waals surface area contributed by atoms with Crippen LogP contribution in [0.4, 0.5) is 0 Å². The van der Waals surface area contributed by atoms with E-state index < -0.39 is 10.8 Å². The fourth-order valence-corrected chi connectivity index (χ4v) is 3.72. The number of nitrogens with one attached hydrogen (secondary N) is 1. The van der Waals surface area contributed by atoms with Crippen LogP contribution in [0.15, 0.2) is 30.3 Å². The van der Waals surface area contributed by atoms with Crippen molar-refractivity contribution >= 4 is 16.7 Å². The maximum absolute atomic E-state index is 12.5. The lowest BCUT2D eigenvalue weighted by atomic mass is 9.98. The lowest BCUT2D eigenvalue weighted by molar-refractivity contribution is -0.126. The SMILES string of the molecule is C[S@](=O)C[C@@H](NC(=O)C1CCCCCC1)c1ccccc1. The van der Waals surface area contributed by atoms with Crippen molar-refractivity contribution in [1.82, 2.24) is 5.32 Å². The molecule has 2 rings (SSSR count). The molecule has 1 aromatic carbocycles. The first-order valence-corrected chi connectivity index (χ1v) is 9.55. The first-order chi connectivity index (χ1) is 10.2. The summed E-state index contributed by atoms with van der Waals surface area (Å²) in [5.41, 5.74) is 1.04. The monoisotopic (exact) mass is 307 g/mol. The van der Waals surface area contributed by atoms with E-state index in [1.54, 1.807) is 6.26 Å². The summed E-state index contributed by atoms with van der Waals surface area (Å²) in [4.78, 5) is 12.5. The van der Waals surface area contributed by atoms with Crippen LogP contribution in [0.5, 0.6) is 0 Å². The van der Waals surface area contributed by atoms with Gasteiger partial charge >= 0.3 is 0 Å². The molecule has 2 atom stereocenters. The highest BCUT2D eigenvalue weighted by Crippen LogP contribution is 2.24. The minimum absolute atomic E-state index is 0.129. The van der Waals surface area contributed by atoms with Crippen LogP contribution in [0.3, 0.4) is 0 Å². The van der Waals surface area contributed by atoms with Crippen LogP contribution >= 0.6 is 0 Å². The fraction of sp³-hybridized carbons (Fsp3) is 0.588. The molecule has 0 aliphatic heterocycles. The van der Waals surface area contributed by atoms with Gasteiger partial charge in [0.2, 0.25) is 5.91 Å². The molecule has 0 unspecified atom stereocenters. The molecule has 1 saturated carbocycles. The highest BCUT2D eigenvalue weighted by molar-refractivity contribution is 7.84. The molecule has 0 saturated heterocycles. The number of hydrogen-bond donors (Lipinski definition) is 1. The molecule has 0 bridgehead atoms. The first-order valence-electron chi connectivity index (χ1n) is 7.82. The lowest BCUT2D eigenvalue weighted by Gasteiger charge is -2.22. The van der Waals surface area contributed by atoms with Crippen molar-refractivity contribution in [3.8, 4) is 0 Å². The predicted octanol–water partition coefficient (Wildman–Crippen LogP) is 3.19. The molecule has 0 radical (unpaired) electrons. The lowest BCUT2D eigenvalue weighted by Crippen LogP contribution is -2.36. The molecule has 1 aliphatic carbocycles. The standard InChI is InChI=1S/C17H25NO2S/c1-21(20)13-16(14-9-7-4-8-10-14)18-17(19)15-11-5-2-3-6-12-15/h4,7-10,15-16H,2-3,5-6,11-13H2,1H3,(H,18,19)/t16-,21+/m1/s1. The van der Waals surface area contributed by atoms with Gasteiger partial charge in [-0.3, -0.25) is 9.00 Å². The highest BCUT2D eigenvalue weighted by Gasteiger charge is 2.23. The second-order valence-electron chi connectivity index (χ2n) is 5.90. The van der Waals surface area contributed by atoms with Gasteiger partial charge < -0.3 is 5.32 Å². The van der Waals surface area contributed by atoms with Crippen LogP contribution in [0.25, 0.3) is 0 Å². The number of rotatable bonds is 5. The molecule has 3 nitrogen and oxygen atoms in total. The van der Waals surface area contributed by atoms with Crippen molar-refractivity contribution in [2.75, 3.05) is 12.0 Å². The van der Waals surface area contributed by atoms with Crippen LogP contribution < -0.4 is 5.32 Å². The predicted molar refractivity (Wildman–Crippen MR) is 87.5 cm³/mol. The van der Waals surface area contributed by atoms with Gasteiger partial charge in [0.1, 0.15) is 0 Å². The highest BCUT2D eigenvalue weighted by atomic mass is 32.2. The average molecular weight is 307 g/mol. The van der Waals surface area contributed by atoms with Crippen LogP contribution in [-0.4, -0.2) is 22.1 Å². The number of benzene rings is 1. The Morgan fingerprint density at radius 2 is 1.81 bits per heavy atom. The summed E-state index contributed by atoms with van der Waals surface area (Å²) in [5, 5.41) is 3.13. The third-order valence-electron chi connectivity index (χ3n) is 4.15. The fourth-order valence-electron chi connectivity index (χ4n) is 2.97. The van der Waals surface area contributed by atoms with Gasteiger partial charge in [-0.15, -0.1) is 0 Å². The zero-order chi connectivity index (χ0) is 15.1. The Morgan fingerprint density at radius 3 is 2.38 bits per heavy atom. The molecule has 1 amide bonds. The van der Waals surface area contributed by atoms with Gasteiger partial charge in [0.15, 0.2) is 0 Å². The van der Waals surface area contributed by atoms with Gasteiger partial charge in [0, 0.05) is 28.7 Å². The number of carbonyl (C=O) groups excluding carboxylic acids is 1. The summed E-state index contributed by atoms with van der Waals surface area (Å²) >= 11 is 0. The molecule has 0 spiro atoms. The molecule has 21 heavy (non-hydrogen) atoms. The van der Waals surface area contributed by atoms with Crippen molar-refractivity contribution < 1.29 is 9.00 Å². The third-order valence-corrected chi connectivity index (χ3v) is 4.95. The van der Waals surface area contributed by atoms with Gasteiger partial charge in [-0.25, -0.2) is 0 Å². The molecule has 1 fully saturated rings. The molecule has 1 N–H and O–H groups in total. The summed E-state index contributed by atoms with van der Waals surface area (Å²) in [6, 6.07) is 9.71. The molecule has 0 aromatic heterocycles. The van der Waals surface area contributed by atoms with Crippen molar-refractivity contribution in [3.63, 3.8) is 0 Å². The van der Waals surface area contributed by atoms with E-state index in [1.807, 2.05) is 30.3 Å². The van der Waals surface area contributed by atoms with Crippen LogP contribution in [-0.2, 0) is 15.6 Å². The Kier molecular flexibility index (Phi) is 6.43. The number of hydrogen-bond acceptors (Lipinski definition) is 2. The van der Waals surface area contributed by atoms with E-state index in [-0.39, 0.29) is 17.9 Å². The van der Waals surface area contributed by atoms with Gasteiger partial charge in [-0.05, 0) is 18.4 Å². The van der Waals surface area contributed by atoms with Crippen LogP contribution in [0.2, 0.25) is 0 Å². The van der Waals surface area contributed by atoms with Gasteiger partial charge in [0.25, 0.3) is 0 Å². The van der Waals surface area contributed by atoms with Gasteiger partial charge in [-0.1, -0.05) is 56.0 Å². The number of amides is 1. The van der Waals surface area contributed by atoms with Crippen molar-refractivity contribution in [2.45, 2.75) is 44.6 Å². The van der Waals surface area contributed by atoms with Crippen LogP contribution in [0, 0.1) is 5.92 Å². The summed E-state index contributed by atoms with van der Waals surface area (Å²) in [5.74, 6) is 0.739. The van der Waals surface area contributed by atoms with Crippen molar-refractivity contribution in [2.24, 2.45) is 5.92 Å². The minimum atomic E-state index is -0.936. The molecular weight excluding hydrogens is 282 g/mol. The molecule has 1 aromatic rings. The Bertz CT molecular complexity index is 467. The largest absolute Gasteiger partial charge is 0.348 e. The van der Waals surface area contributed by atoms with E-state index in [4.69, 9.17) is 0 Å². The quantitative estimate of drug-likeness (QED) is 0.849. The van der Waals surface area contributed by atoms with Crippen molar-refractivity contribution in [1.29, 1.82) is 0 Å². The number of carbonyl (C=O) groups is 1. The van der Waals surface area contributed by atoms with Gasteiger partial charge in [0.05, 0.1) is 6.04 Å². The Hall–Kier alpha value is -1.16. The van der Waals surface area contributed by atoms with E-state index in [0.29, 0.717) is 5.75 Å². The summed E-state index contributed by atoms with van der Waals surface area (Å²) in [6.07, 6.45) is 8.44. The molecule has 0 heterocycles. The van der Waals surface area contributed by atoms with Crippen molar-refractivity contribution in [3.05, 3.63) is 35.9 Å². The minimum Gasteiger partial charge on any atom is -0.348 e. The smallest absolute Gasteiger partial charge is 0.223 e. The van der Waals surface area contributed by atoms with Gasteiger partial charge in [-0.2, -0.15) is 0 Å². The Labute approximate surface area is 130 Å². The van der Waals surface area contributed by atoms with E-state index in [0.717, 1.165) is 31.2 Å². The van der Waals surface area contributed by atoms with E-state index in [1.165, 1.54) is 12.8 Å². The maximum atomic E-state index is 12.5. The Balaban J connectivity index is 2.03. The van der Waals surface area contributed by atoms with Crippen LogP contribution in [0.1, 0.15) is 50.1 Å². The second kappa shape index (κ2) is 8.32. The molecular formula is C17H25NO2S. The van der Waals surface area contributed by atoms with E-state index in [2.05, 4.69) is 5.32 Å². The topological polar surface area (TPSA) is 46.2 Å². The summed E-state index contributed by atoms with van der Waals surface area (Å²) in [7, 11) is -0.936. The average Bonchev–Trinajstić information content (AvgIpc) is 2.76. The summed E-state index contributed by atoms with van der Waals surface area (Å²) in [6.45, 7) is 0. The third kappa shape index (κ3) is 5.27. The molecule has 116 valence electrons. The molecule has 1 aliphatic rings. The maximum Gasteiger partial charge on any atom is 0.223 e. The first kappa shape index (κ1) is 16.2. The normalized spacial score (nSPS) is 19.5. The zero-order valence-corrected chi connectivity index (χ0v) is 13.5. The van der Waals surface area contributed by atoms with E-state index >= 15 is 0 Å².